The first kappa shape index (κ1) is 37.0. The number of rotatable bonds is 4. The number of para-hydroxylation sites is 3. The van der Waals surface area contributed by atoms with Gasteiger partial charge >= 0.3 is 6.85 Å². The largest absolute Gasteiger partial charge is 0.454 e. The molecule has 10 aromatic rings. The van der Waals surface area contributed by atoms with Crippen LogP contribution in [0.5, 0.6) is 0 Å². The average Bonchev–Trinajstić information content (AvgIpc) is 3.72. The molecule has 0 aliphatic carbocycles. The Labute approximate surface area is 375 Å². The van der Waals surface area contributed by atoms with Gasteiger partial charge in [-0.1, -0.05) is 191 Å². The molecule has 1 aromatic heterocycles. The van der Waals surface area contributed by atoms with Gasteiger partial charge in [0.1, 0.15) is 5.58 Å². The van der Waals surface area contributed by atoms with E-state index in [-0.39, 0.29) is 12.3 Å². The predicted octanol–water partition coefficient (Wildman–Crippen LogP) is 14.3. The molecule has 9 aromatic carbocycles. The van der Waals surface area contributed by atoms with Gasteiger partial charge in [0.2, 0.25) is 0 Å². The van der Waals surface area contributed by atoms with Crippen LogP contribution in [0.4, 0.5) is 28.4 Å². The lowest BCUT2D eigenvalue weighted by Gasteiger charge is -2.53. The Bertz CT molecular complexity index is 3470. The lowest BCUT2D eigenvalue weighted by Crippen LogP contribution is -2.63. The molecule has 0 atom stereocenters. The summed E-state index contributed by atoms with van der Waals surface area (Å²) in [6, 6.07) is 74.7. The van der Waals surface area contributed by atoms with E-state index in [1.165, 1.54) is 83.6 Å². The predicted molar refractivity (Wildman–Crippen MR) is 268 cm³/mol. The molecule has 0 amide bonds. The van der Waals surface area contributed by atoms with Gasteiger partial charge in [-0.2, -0.15) is 0 Å². The van der Waals surface area contributed by atoms with Gasteiger partial charge < -0.3 is 14.1 Å². The molecule has 64 heavy (non-hydrogen) atoms. The van der Waals surface area contributed by atoms with E-state index in [0.29, 0.717) is 0 Å². The van der Waals surface area contributed by atoms with E-state index in [1.807, 2.05) is 0 Å². The standard InChI is InChI=1S/C60H45BN2O/c1-38-35-47-44-26-18-28-49-56(44)63(52-29-16-15-27-48(52)60(49,40-21-10-6-11-22-40)41-23-12-7-13-24-41)61-50-33-32-45-43-25-14-17-30-54(43)64-58(45)57(50)62(53(36-38)55(47)61)51-34-31-42(59(2,3)4)37-46(51)39-19-8-5-9-20-39/h5-37H,1-4H3. The molecular weight excluding hydrogens is 775 g/mol. The molecule has 3 aliphatic heterocycles. The maximum Gasteiger partial charge on any atom is 0.333 e. The van der Waals surface area contributed by atoms with E-state index in [4.69, 9.17) is 4.42 Å². The molecule has 0 N–H and O–H groups in total. The first-order valence-electron chi connectivity index (χ1n) is 22.5. The molecule has 0 fully saturated rings. The van der Waals surface area contributed by atoms with Crippen LogP contribution in [-0.2, 0) is 10.8 Å². The van der Waals surface area contributed by atoms with E-state index < -0.39 is 5.41 Å². The fourth-order valence-electron chi connectivity index (χ4n) is 11.6. The van der Waals surface area contributed by atoms with Crippen LogP contribution in [0.25, 0.3) is 44.2 Å². The summed E-state index contributed by atoms with van der Waals surface area (Å²) in [5, 5.41) is 2.24. The molecule has 3 aliphatic rings. The van der Waals surface area contributed by atoms with E-state index in [1.54, 1.807) is 0 Å². The Morgan fingerprint density at radius 3 is 1.92 bits per heavy atom. The van der Waals surface area contributed by atoms with Crippen molar-refractivity contribution < 1.29 is 4.42 Å². The molecule has 0 saturated carbocycles. The fraction of sp³-hybridized carbons (Fsp3) is 0.100. The third-order valence-electron chi connectivity index (χ3n) is 14.3. The number of nitrogens with zero attached hydrogens (tertiary/aromatic N) is 2. The smallest absolute Gasteiger partial charge is 0.333 e. The van der Waals surface area contributed by atoms with Crippen molar-refractivity contribution in [3.05, 3.63) is 234 Å². The molecule has 0 unspecified atom stereocenters. The van der Waals surface area contributed by atoms with Crippen molar-refractivity contribution in [3.8, 4) is 22.3 Å². The third kappa shape index (κ3) is 5.00. The zero-order chi connectivity index (χ0) is 42.9. The Hall–Kier alpha value is -7.56. The highest BCUT2D eigenvalue weighted by atomic mass is 16.3. The van der Waals surface area contributed by atoms with Crippen molar-refractivity contribution in [2.75, 3.05) is 9.71 Å². The van der Waals surface area contributed by atoms with Crippen molar-refractivity contribution in [2.45, 2.75) is 38.5 Å². The van der Waals surface area contributed by atoms with Crippen molar-refractivity contribution in [2.24, 2.45) is 0 Å². The number of furan rings is 1. The summed E-state index contributed by atoms with van der Waals surface area (Å²) in [5.74, 6) is 0. The molecule has 4 heterocycles. The van der Waals surface area contributed by atoms with Crippen molar-refractivity contribution in [3.63, 3.8) is 0 Å². The Morgan fingerprint density at radius 1 is 0.500 bits per heavy atom. The second kappa shape index (κ2) is 13.5. The van der Waals surface area contributed by atoms with Crippen LogP contribution in [0.1, 0.15) is 54.2 Å². The zero-order valence-corrected chi connectivity index (χ0v) is 36.4. The van der Waals surface area contributed by atoms with Crippen molar-refractivity contribution in [1.29, 1.82) is 0 Å². The lowest BCUT2D eigenvalue weighted by molar-refractivity contribution is 0.590. The Morgan fingerprint density at radius 2 is 1.17 bits per heavy atom. The quantitative estimate of drug-likeness (QED) is 0.165. The van der Waals surface area contributed by atoms with Crippen molar-refractivity contribution >= 4 is 68.1 Å². The lowest BCUT2D eigenvalue weighted by atomic mass is 9.42. The van der Waals surface area contributed by atoms with Gasteiger partial charge in [-0.15, -0.1) is 0 Å². The highest BCUT2D eigenvalue weighted by Gasteiger charge is 2.54. The van der Waals surface area contributed by atoms with Gasteiger partial charge in [0, 0.05) is 39.0 Å². The minimum atomic E-state index is -0.573. The van der Waals surface area contributed by atoms with Crippen LogP contribution >= 0.6 is 0 Å². The molecule has 0 radical (unpaired) electrons. The number of anilines is 5. The summed E-state index contributed by atoms with van der Waals surface area (Å²) < 4.78 is 7.15. The fourth-order valence-corrected chi connectivity index (χ4v) is 11.6. The van der Waals surface area contributed by atoms with E-state index >= 15 is 0 Å². The monoisotopic (exact) mass is 820 g/mol. The first-order chi connectivity index (χ1) is 31.3. The highest BCUT2D eigenvalue weighted by molar-refractivity contribution is 6.94. The average molecular weight is 821 g/mol. The summed E-state index contributed by atoms with van der Waals surface area (Å²) in [6.45, 7) is 9.01. The van der Waals surface area contributed by atoms with Gasteiger partial charge in [-0.05, 0) is 98.1 Å². The molecule has 0 saturated heterocycles. The number of hydrogen-bond donors (Lipinski definition) is 0. The second-order valence-electron chi connectivity index (χ2n) is 18.9. The molecule has 0 bridgehead atoms. The SMILES string of the molecule is Cc1cc2c3c(c1)N(c1ccc(C(C)(C)C)cc1-c1ccccc1)c1c(ccc4c1oc1ccccc14)B3N1c3ccccc3C(c3ccccc3)(c3ccccc3)c3cccc-2c31. The maximum absolute atomic E-state index is 7.15. The van der Waals surface area contributed by atoms with Crippen LogP contribution < -0.4 is 20.6 Å². The van der Waals surface area contributed by atoms with Crippen LogP contribution in [-0.4, -0.2) is 6.85 Å². The van der Waals surface area contributed by atoms with Crippen molar-refractivity contribution in [1.82, 2.24) is 0 Å². The van der Waals surface area contributed by atoms with E-state index in [2.05, 4.69) is 238 Å². The minimum absolute atomic E-state index is 0.0424. The van der Waals surface area contributed by atoms with Gasteiger partial charge in [0.05, 0.1) is 16.8 Å². The number of hydrogen-bond acceptors (Lipinski definition) is 3. The molecule has 13 rings (SSSR count). The normalized spacial score (nSPS) is 14.3. The number of fused-ring (bicyclic) bond motifs is 10. The maximum atomic E-state index is 7.15. The van der Waals surface area contributed by atoms with Gasteiger partial charge in [-0.25, -0.2) is 0 Å². The molecule has 0 spiro atoms. The summed E-state index contributed by atoms with van der Waals surface area (Å²) in [4.78, 5) is 5.25. The van der Waals surface area contributed by atoms with Crippen LogP contribution in [0, 0.1) is 6.92 Å². The second-order valence-corrected chi connectivity index (χ2v) is 18.9. The number of benzene rings is 9. The Balaban J connectivity index is 1.19. The van der Waals surface area contributed by atoms with Crippen LogP contribution in [0.15, 0.2) is 205 Å². The summed E-state index contributed by atoms with van der Waals surface area (Å²) >= 11 is 0. The van der Waals surface area contributed by atoms with Gasteiger partial charge in [0.25, 0.3) is 0 Å². The van der Waals surface area contributed by atoms with E-state index in [9.17, 15) is 0 Å². The van der Waals surface area contributed by atoms with Gasteiger partial charge in [0.15, 0.2) is 5.58 Å². The zero-order valence-electron chi connectivity index (χ0n) is 36.4. The highest BCUT2D eigenvalue weighted by Crippen LogP contribution is 2.60. The number of aryl methyl sites for hydroxylation is 1. The molecule has 3 nitrogen and oxygen atoms in total. The van der Waals surface area contributed by atoms with Gasteiger partial charge in [-0.3, -0.25) is 0 Å². The Kier molecular flexibility index (Phi) is 7.80. The first-order valence-corrected chi connectivity index (χ1v) is 22.5. The molecule has 304 valence electrons. The third-order valence-corrected chi connectivity index (χ3v) is 14.3. The van der Waals surface area contributed by atoms with Crippen LogP contribution in [0.3, 0.4) is 0 Å². The summed E-state index contributed by atoms with van der Waals surface area (Å²) in [5.41, 5.74) is 22.0. The summed E-state index contributed by atoms with van der Waals surface area (Å²) in [7, 11) is 0. The van der Waals surface area contributed by atoms with E-state index in [0.717, 1.165) is 33.3 Å². The minimum Gasteiger partial charge on any atom is -0.454 e. The van der Waals surface area contributed by atoms with Crippen LogP contribution in [0.2, 0.25) is 0 Å². The topological polar surface area (TPSA) is 19.6 Å². The molecular formula is C60H45BN2O. The molecule has 4 heteroatoms. The summed E-state index contributed by atoms with van der Waals surface area (Å²) in [6.07, 6.45) is 0.